The molecule has 0 fully saturated rings. The van der Waals surface area contributed by atoms with Crippen molar-refractivity contribution in [3.8, 4) is 0 Å². The summed E-state index contributed by atoms with van der Waals surface area (Å²) in [6.07, 6.45) is 1.83. The maximum Gasteiger partial charge on any atom is 0.221 e. The molecular formula is C34H34N2O3. The molecule has 0 saturated carbocycles. The molecule has 0 bridgehead atoms. The Morgan fingerprint density at radius 1 is 0.667 bits per heavy atom. The van der Waals surface area contributed by atoms with Crippen LogP contribution in [0, 0.1) is 0 Å². The molecule has 0 aliphatic heterocycles. The summed E-state index contributed by atoms with van der Waals surface area (Å²) >= 11 is 0. The van der Waals surface area contributed by atoms with Crippen LogP contribution in [0.3, 0.4) is 0 Å². The van der Waals surface area contributed by atoms with E-state index in [-0.39, 0.29) is 11.7 Å². The summed E-state index contributed by atoms with van der Waals surface area (Å²) in [5.41, 5.74) is 4.79. The number of hydrogen-bond donors (Lipinski definition) is 1. The van der Waals surface area contributed by atoms with Crippen LogP contribution in [0.4, 0.5) is 11.4 Å². The van der Waals surface area contributed by atoms with Crippen molar-refractivity contribution in [2.24, 2.45) is 9.98 Å². The van der Waals surface area contributed by atoms with Crippen LogP contribution in [0.2, 0.25) is 0 Å². The molecule has 4 aromatic rings. The van der Waals surface area contributed by atoms with E-state index >= 15 is 0 Å². The maximum absolute atomic E-state index is 11.3. The molecule has 4 rings (SSSR count). The summed E-state index contributed by atoms with van der Waals surface area (Å²) in [5.74, 6) is 1.07. The molecule has 1 atom stereocenters. The molecule has 0 spiro atoms. The lowest BCUT2D eigenvalue weighted by Crippen LogP contribution is -2.06. The van der Waals surface area contributed by atoms with E-state index < -0.39 is 0 Å². The molecule has 198 valence electrons. The lowest BCUT2D eigenvalue weighted by molar-refractivity contribution is 0.328. The molecule has 0 amide bonds. The zero-order valence-corrected chi connectivity index (χ0v) is 22.6. The Bertz CT molecular complexity index is 1440. The highest BCUT2D eigenvalue weighted by molar-refractivity contribution is 5.97. The van der Waals surface area contributed by atoms with Crippen molar-refractivity contribution >= 4 is 28.9 Å². The topological polar surface area (TPSA) is 63.4 Å². The van der Waals surface area contributed by atoms with E-state index in [9.17, 15) is 5.11 Å². The third kappa shape index (κ3) is 7.23. The van der Waals surface area contributed by atoms with Crippen LogP contribution in [0.25, 0.3) is 5.76 Å². The van der Waals surface area contributed by atoms with Crippen LogP contribution in [-0.2, 0) is 9.47 Å². The Kier molecular flexibility index (Phi) is 9.68. The third-order valence-corrected chi connectivity index (χ3v) is 6.06. The van der Waals surface area contributed by atoms with Crippen LogP contribution in [-0.4, -0.2) is 30.1 Å². The number of nitrogens with zero attached hydrogens (tertiary/aromatic N) is 2. The zero-order chi connectivity index (χ0) is 27.5. The molecule has 4 aromatic carbocycles. The summed E-state index contributed by atoms with van der Waals surface area (Å²) < 4.78 is 11.7. The van der Waals surface area contributed by atoms with Crippen LogP contribution < -0.4 is 0 Å². The van der Waals surface area contributed by atoms with Crippen molar-refractivity contribution in [3.05, 3.63) is 138 Å². The molecule has 5 heteroatoms. The molecule has 1 unspecified atom stereocenters. The van der Waals surface area contributed by atoms with E-state index in [1.54, 1.807) is 0 Å². The van der Waals surface area contributed by atoms with E-state index in [0.29, 0.717) is 36.3 Å². The van der Waals surface area contributed by atoms with Crippen molar-refractivity contribution in [1.82, 2.24) is 0 Å². The van der Waals surface area contributed by atoms with Gasteiger partial charge in [0.15, 0.2) is 0 Å². The second-order valence-electron chi connectivity index (χ2n) is 8.85. The number of para-hydroxylation sites is 2. The van der Waals surface area contributed by atoms with Gasteiger partial charge in [0, 0.05) is 22.6 Å². The highest BCUT2D eigenvalue weighted by Gasteiger charge is 2.14. The number of allylic oxidation sites excluding steroid dienone is 1. The fourth-order valence-electron chi connectivity index (χ4n) is 4.19. The number of benzene rings is 4. The van der Waals surface area contributed by atoms with Gasteiger partial charge in [-0.3, -0.25) is 0 Å². The van der Waals surface area contributed by atoms with Gasteiger partial charge in [-0.05, 0) is 68.0 Å². The number of rotatable bonds is 9. The molecule has 0 radical (unpaired) electrons. The minimum Gasteiger partial charge on any atom is -0.508 e. The van der Waals surface area contributed by atoms with Crippen molar-refractivity contribution in [2.75, 3.05) is 13.2 Å². The van der Waals surface area contributed by atoms with Crippen LogP contribution >= 0.6 is 0 Å². The summed E-state index contributed by atoms with van der Waals surface area (Å²) in [6, 6.07) is 35.1. The van der Waals surface area contributed by atoms with Gasteiger partial charge in [0.2, 0.25) is 11.8 Å². The van der Waals surface area contributed by atoms with E-state index in [4.69, 9.17) is 19.5 Å². The van der Waals surface area contributed by atoms with E-state index in [1.807, 2.05) is 136 Å². The first-order chi connectivity index (χ1) is 19.1. The van der Waals surface area contributed by atoms with Gasteiger partial charge in [0.25, 0.3) is 0 Å². The average molecular weight is 519 g/mol. The average Bonchev–Trinajstić information content (AvgIpc) is 2.98. The Labute approximate surface area is 230 Å². The third-order valence-electron chi connectivity index (χ3n) is 6.06. The van der Waals surface area contributed by atoms with Crippen LogP contribution in [0.5, 0.6) is 0 Å². The number of ether oxygens (including phenoxy) is 2. The van der Waals surface area contributed by atoms with Crippen LogP contribution in [0.1, 0.15) is 48.9 Å². The number of aliphatic hydroxyl groups excluding tert-OH is 1. The molecule has 1 N–H and O–H groups in total. The predicted octanol–water partition coefficient (Wildman–Crippen LogP) is 8.62. The first kappa shape index (κ1) is 27.4. The van der Waals surface area contributed by atoms with E-state index in [2.05, 4.69) is 0 Å². The summed E-state index contributed by atoms with van der Waals surface area (Å²) in [5, 5.41) is 11.3. The maximum atomic E-state index is 11.3. The monoisotopic (exact) mass is 518 g/mol. The van der Waals surface area contributed by atoms with Crippen molar-refractivity contribution in [1.29, 1.82) is 0 Å². The molecule has 39 heavy (non-hydrogen) atoms. The standard InChI is InChI=1S/C34H34N2O3/c1-4-38-33(26-16-8-6-9-17-26)35-30-22-14-12-20-28(30)25(3)24-32(37)29-21-13-15-23-31(29)36-34(39-5-2)27-18-10-7-11-19-27/h6-25,37H,4-5H2,1-3H3/b32-24-,35-33?,36-34?. The SMILES string of the molecule is CCOC(=Nc1ccccc1/C(O)=C/C(C)c1ccccc1N=C(OCC)c1ccccc1)c1ccccc1. The van der Waals surface area contributed by atoms with Gasteiger partial charge in [-0.2, -0.15) is 0 Å². The minimum atomic E-state index is -0.138. The summed E-state index contributed by atoms with van der Waals surface area (Å²) in [7, 11) is 0. The fourth-order valence-corrected chi connectivity index (χ4v) is 4.19. The lowest BCUT2D eigenvalue weighted by atomic mass is 9.97. The molecular weight excluding hydrogens is 484 g/mol. The molecule has 0 heterocycles. The molecule has 0 aliphatic rings. The van der Waals surface area contributed by atoms with Crippen molar-refractivity contribution in [3.63, 3.8) is 0 Å². The van der Waals surface area contributed by atoms with Gasteiger partial charge in [-0.15, -0.1) is 0 Å². The minimum absolute atomic E-state index is 0.137. The van der Waals surface area contributed by atoms with Crippen LogP contribution in [0.15, 0.2) is 125 Å². The number of hydrogen-bond acceptors (Lipinski definition) is 5. The van der Waals surface area contributed by atoms with E-state index in [0.717, 1.165) is 22.4 Å². The lowest BCUT2D eigenvalue weighted by Gasteiger charge is -2.14. The van der Waals surface area contributed by atoms with Gasteiger partial charge in [-0.1, -0.05) is 73.7 Å². The molecule has 0 aromatic heterocycles. The molecule has 5 nitrogen and oxygen atoms in total. The first-order valence-electron chi connectivity index (χ1n) is 13.2. The normalized spacial score (nSPS) is 13.2. The Morgan fingerprint density at radius 3 is 1.69 bits per heavy atom. The summed E-state index contributed by atoms with van der Waals surface area (Å²) in [6.45, 7) is 6.91. The fraction of sp³-hybridized carbons (Fsp3) is 0.176. The quantitative estimate of drug-likeness (QED) is 0.137. The highest BCUT2D eigenvalue weighted by atomic mass is 16.5. The Morgan fingerprint density at radius 2 is 1.13 bits per heavy atom. The Hall–Kier alpha value is -4.64. The van der Waals surface area contributed by atoms with Gasteiger partial charge < -0.3 is 14.6 Å². The van der Waals surface area contributed by atoms with E-state index in [1.165, 1.54) is 0 Å². The predicted molar refractivity (Wildman–Crippen MR) is 160 cm³/mol. The number of aliphatic imine (C=N–C) groups is 2. The summed E-state index contributed by atoms with van der Waals surface area (Å²) in [4.78, 5) is 9.66. The first-order valence-corrected chi connectivity index (χ1v) is 13.2. The number of aliphatic hydroxyl groups is 1. The van der Waals surface area contributed by atoms with Gasteiger partial charge in [-0.25, -0.2) is 9.98 Å². The van der Waals surface area contributed by atoms with Crippen molar-refractivity contribution in [2.45, 2.75) is 26.7 Å². The van der Waals surface area contributed by atoms with Gasteiger partial charge >= 0.3 is 0 Å². The highest BCUT2D eigenvalue weighted by Crippen LogP contribution is 2.32. The van der Waals surface area contributed by atoms with Crippen molar-refractivity contribution < 1.29 is 14.6 Å². The Balaban J connectivity index is 1.69. The zero-order valence-electron chi connectivity index (χ0n) is 22.6. The smallest absolute Gasteiger partial charge is 0.221 e. The second kappa shape index (κ2) is 13.8. The molecule has 0 aliphatic carbocycles. The van der Waals surface area contributed by atoms with Gasteiger partial charge in [0.1, 0.15) is 5.76 Å². The largest absolute Gasteiger partial charge is 0.508 e. The van der Waals surface area contributed by atoms with Gasteiger partial charge in [0.05, 0.1) is 24.6 Å². The molecule has 0 saturated heterocycles. The second-order valence-corrected chi connectivity index (χ2v) is 8.85.